The summed E-state index contributed by atoms with van der Waals surface area (Å²) in [5.74, 6) is 2.36. The van der Waals surface area contributed by atoms with E-state index < -0.39 is 0 Å². The van der Waals surface area contributed by atoms with Crippen molar-refractivity contribution in [3.63, 3.8) is 0 Å². The Morgan fingerprint density at radius 2 is 1.76 bits per heavy atom. The van der Waals surface area contributed by atoms with Gasteiger partial charge in [0.2, 0.25) is 0 Å². The third-order valence-electron chi connectivity index (χ3n) is 6.26. The van der Waals surface area contributed by atoms with Crippen molar-refractivity contribution >= 4 is 5.91 Å². The zero-order chi connectivity index (χ0) is 25.8. The zero-order valence-electron chi connectivity index (χ0n) is 21.1. The number of carbonyl (C=O) groups is 1. The van der Waals surface area contributed by atoms with Crippen LogP contribution in [0.2, 0.25) is 0 Å². The van der Waals surface area contributed by atoms with Crippen molar-refractivity contribution in [1.82, 2.24) is 15.1 Å². The van der Waals surface area contributed by atoms with Gasteiger partial charge in [-0.25, -0.2) is 4.68 Å². The third-order valence-corrected chi connectivity index (χ3v) is 6.26. The molecule has 0 bridgehead atoms. The number of nitrogens with zero attached hydrogens (tertiary/aromatic N) is 2. The van der Waals surface area contributed by atoms with Gasteiger partial charge in [-0.1, -0.05) is 24.3 Å². The average Bonchev–Trinajstić information content (AvgIpc) is 3.25. The van der Waals surface area contributed by atoms with Crippen molar-refractivity contribution in [2.45, 2.75) is 19.4 Å². The van der Waals surface area contributed by atoms with E-state index >= 15 is 0 Å². The zero-order valence-corrected chi connectivity index (χ0v) is 21.1. The van der Waals surface area contributed by atoms with Crippen LogP contribution in [0, 0.1) is 0 Å². The Balaban J connectivity index is 1.49. The molecule has 2 heterocycles. The van der Waals surface area contributed by atoms with E-state index in [1.807, 2.05) is 67.6 Å². The van der Waals surface area contributed by atoms with Gasteiger partial charge in [-0.2, -0.15) is 5.10 Å². The molecule has 3 aromatic carbocycles. The second-order valence-corrected chi connectivity index (χ2v) is 8.69. The van der Waals surface area contributed by atoms with Crippen molar-refractivity contribution in [3.8, 4) is 39.9 Å². The molecule has 0 saturated carbocycles. The van der Waals surface area contributed by atoms with Crippen LogP contribution in [0.25, 0.3) is 16.9 Å². The van der Waals surface area contributed by atoms with E-state index in [1.165, 1.54) is 0 Å². The molecular weight excluding hydrogens is 470 g/mol. The molecule has 1 aliphatic rings. The summed E-state index contributed by atoms with van der Waals surface area (Å²) in [5.41, 5.74) is 3.37. The van der Waals surface area contributed by atoms with Gasteiger partial charge in [0.1, 0.15) is 17.2 Å². The van der Waals surface area contributed by atoms with Crippen LogP contribution in [0.5, 0.6) is 23.0 Å². The lowest BCUT2D eigenvalue weighted by Gasteiger charge is -2.17. The minimum atomic E-state index is -0.282. The molecule has 1 unspecified atom stereocenters. The van der Waals surface area contributed by atoms with E-state index in [-0.39, 0.29) is 11.9 Å². The SMILES string of the molecule is COc1ccc(-c2nn(-c3ccccc3)cc2C(=O)NC(C)c2ccc3c(c2)OCCCO3)c(OC)c1. The molecule has 1 aliphatic heterocycles. The highest BCUT2D eigenvalue weighted by Gasteiger charge is 2.24. The fourth-order valence-electron chi connectivity index (χ4n) is 4.25. The fraction of sp³-hybridized carbons (Fsp3) is 0.241. The summed E-state index contributed by atoms with van der Waals surface area (Å²) in [6, 6.07) is 20.6. The second-order valence-electron chi connectivity index (χ2n) is 8.69. The highest BCUT2D eigenvalue weighted by atomic mass is 16.5. The number of ether oxygens (including phenoxy) is 4. The number of rotatable bonds is 7. The maximum Gasteiger partial charge on any atom is 0.255 e. The number of aromatic nitrogens is 2. The number of nitrogens with one attached hydrogen (secondary N) is 1. The first-order chi connectivity index (χ1) is 18.1. The lowest BCUT2D eigenvalue weighted by atomic mass is 10.0. The molecule has 0 fully saturated rings. The first-order valence-corrected chi connectivity index (χ1v) is 12.2. The molecule has 0 saturated heterocycles. The molecule has 1 aromatic heterocycles. The molecule has 0 spiro atoms. The van der Waals surface area contributed by atoms with Crippen molar-refractivity contribution < 1.29 is 23.7 Å². The van der Waals surface area contributed by atoms with Crippen LogP contribution in [0.4, 0.5) is 0 Å². The van der Waals surface area contributed by atoms with Crippen LogP contribution in [-0.4, -0.2) is 43.1 Å². The number of hydrogen-bond acceptors (Lipinski definition) is 6. The number of benzene rings is 3. The normalized spacial score (nSPS) is 13.4. The number of carbonyl (C=O) groups excluding carboxylic acids is 1. The number of fused-ring (bicyclic) bond motifs is 1. The Kier molecular flexibility index (Phi) is 6.98. The standard InChI is InChI=1S/C29H29N3O5/c1-19(20-10-13-25-27(16-20)37-15-7-14-36-25)30-29(33)24-18-32(21-8-5-4-6-9-21)31-28(24)23-12-11-22(34-2)17-26(23)35-3/h4-6,8-13,16-19H,7,14-15H2,1-3H3,(H,30,33). The van der Waals surface area contributed by atoms with Crippen LogP contribution in [0.15, 0.2) is 72.9 Å². The van der Waals surface area contributed by atoms with Crippen molar-refractivity contribution in [2.24, 2.45) is 0 Å². The van der Waals surface area contributed by atoms with E-state index in [0.29, 0.717) is 47.3 Å². The van der Waals surface area contributed by atoms with Gasteiger partial charge in [-0.15, -0.1) is 0 Å². The summed E-state index contributed by atoms with van der Waals surface area (Å²) in [6.07, 6.45) is 2.57. The minimum absolute atomic E-state index is 0.255. The Hall–Kier alpha value is -4.46. The van der Waals surface area contributed by atoms with Gasteiger partial charge in [0.05, 0.1) is 44.7 Å². The summed E-state index contributed by atoms with van der Waals surface area (Å²) in [7, 11) is 3.18. The largest absolute Gasteiger partial charge is 0.497 e. The lowest BCUT2D eigenvalue weighted by molar-refractivity contribution is 0.0940. The molecule has 4 aromatic rings. The molecule has 0 radical (unpaired) electrons. The average molecular weight is 500 g/mol. The maximum atomic E-state index is 13.6. The van der Waals surface area contributed by atoms with Gasteiger partial charge in [-0.3, -0.25) is 4.79 Å². The van der Waals surface area contributed by atoms with Gasteiger partial charge in [0.25, 0.3) is 5.91 Å². The molecule has 190 valence electrons. The van der Waals surface area contributed by atoms with Crippen molar-refractivity contribution in [2.75, 3.05) is 27.4 Å². The highest BCUT2D eigenvalue weighted by Crippen LogP contribution is 2.36. The molecule has 5 rings (SSSR count). The number of para-hydroxylation sites is 1. The van der Waals surface area contributed by atoms with Crippen molar-refractivity contribution in [3.05, 3.63) is 84.1 Å². The van der Waals surface area contributed by atoms with Gasteiger partial charge >= 0.3 is 0 Å². The number of hydrogen-bond donors (Lipinski definition) is 1. The summed E-state index contributed by atoms with van der Waals surface area (Å²) in [6.45, 7) is 3.16. The monoisotopic (exact) mass is 499 g/mol. The predicted molar refractivity (Wildman–Crippen MR) is 140 cm³/mol. The third kappa shape index (κ3) is 5.09. The molecule has 1 N–H and O–H groups in total. The van der Waals surface area contributed by atoms with Gasteiger partial charge in [0.15, 0.2) is 11.5 Å². The molecule has 1 atom stereocenters. The smallest absolute Gasteiger partial charge is 0.255 e. The highest BCUT2D eigenvalue weighted by molar-refractivity contribution is 6.00. The summed E-state index contributed by atoms with van der Waals surface area (Å²) >= 11 is 0. The van der Waals surface area contributed by atoms with E-state index in [0.717, 1.165) is 23.4 Å². The number of amides is 1. The molecule has 1 amide bonds. The number of methoxy groups -OCH3 is 2. The summed E-state index contributed by atoms with van der Waals surface area (Å²) in [4.78, 5) is 13.6. The molecule has 8 heteroatoms. The Bertz CT molecular complexity index is 1400. The summed E-state index contributed by atoms with van der Waals surface area (Å²) in [5, 5.41) is 7.90. The topological polar surface area (TPSA) is 83.8 Å². The van der Waals surface area contributed by atoms with Gasteiger partial charge in [-0.05, 0) is 48.9 Å². The predicted octanol–water partition coefficient (Wildman–Crippen LogP) is 5.21. The van der Waals surface area contributed by atoms with Crippen molar-refractivity contribution in [1.29, 1.82) is 0 Å². The van der Waals surface area contributed by atoms with E-state index in [9.17, 15) is 4.79 Å². The first kappa shape index (κ1) is 24.2. The summed E-state index contributed by atoms with van der Waals surface area (Å²) < 4.78 is 24.2. The van der Waals surface area contributed by atoms with Crippen LogP contribution in [0.1, 0.15) is 35.3 Å². The molecule has 8 nitrogen and oxygen atoms in total. The van der Waals surface area contributed by atoms with E-state index in [1.54, 1.807) is 31.2 Å². The Morgan fingerprint density at radius 3 is 2.51 bits per heavy atom. The fourth-order valence-corrected chi connectivity index (χ4v) is 4.25. The van der Waals surface area contributed by atoms with Gasteiger partial charge < -0.3 is 24.3 Å². The Labute approximate surface area is 215 Å². The molecule has 0 aliphatic carbocycles. The van der Waals surface area contributed by atoms with Crippen LogP contribution >= 0.6 is 0 Å². The lowest BCUT2D eigenvalue weighted by Crippen LogP contribution is -2.26. The maximum absolute atomic E-state index is 13.6. The Morgan fingerprint density at radius 1 is 0.973 bits per heavy atom. The van der Waals surface area contributed by atoms with Crippen LogP contribution in [0.3, 0.4) is 0 Å². The molecular formula is C29H29N3O5. The van der Waals surface area contributed by atoms with E-state index in [2.05, 4.69) is 5.32 Å². The van der Waals surface area contributed by atoms with E-state index in [4.69, 9.17) is 24.0 Å². The van der Waals surface area contributed by atoms with Crippen LogP contribution < -0.4 is 24.3 Å². The minimum Gasteiger partial charge on any atom is -0.497 e. The first-order valence-electron chi connectivity index (χ1n) is 12.2. The second kappa shape index (κ2) is 10.7. The van der Waals surface area contributed by atoms with Gasteiger partial charge in [0, 0.05) is 24.2 Å². The van der Waals surface area contributed by atoms with Crippen LogP contribution in [-0.2, 0) is 0 Å². The molecule has 37 heavy (non-hydrogen) atoms. The quantitative estimate of drug-likeness (QED) is 0.376.